The molecule has 1 nitrogen and oxygen atoms in total. The Balaban J connectivity index is -0.00000200. The van der Waals surface area contributed by atoms with Gasteiger partial charge in [0.25, 0.3) is 0 Å². The first-order chi connectivity index (χ1) is 8.71. The molecule has 0 aromatic rings. The van der Waals surface area contributed by atoms with E-state index in [0.29, 0.717) is 0 Å². The van der Waals surface area contributed by atoms with Crippen LogP contribution in [0.25, 0.3) is 0 Å². The lowest BCUT2D eigenvalue weighted by Gasteiger charge is -2.06. The molecule has 0 saturated carbocycles. The smallest absolute Gasteiger partial charge is 1.00 e. The van der Waals surface area contributed by atoms with Crippen molar-refractivity contribution in [2.45, 2.75) is 39.4 Å². The van der Waals surface area contributed by atoms with Crippen LogP contribution in [0.15, 0.2) is 0 Å². The van der Waals surface area contributed by atoms with Crippen LogP contribution >= 0.6 is 0 Å². The van der Waals surface area contributed by atoms with Crippen molar-refractivity contribution in [2.75, 3.05) is 0 Å². The van der Waals surface area contributed by atoms with E-state index in [2.05, 4.69) is 0 Å². The summed E-state index contributed by atoms with van der Waals surface area (Å²) in [5, 5.41) is -0.208. The monoisotopic (exact) mass is 152 g/mol. The van der Waals surface area contributed by atoms with Crippen LogP contribution in [0.2, 0.25) is 0 Å². The third-order valence-electron chi connectivity index (χ3n) is 0.289. The maximum atomic E-state index is 7.64. The molecular formula is C6H17ClN+. The molecule has 0 saturated heterocycles. The van der Waals surface area contributed by atoms with Gasteiger partial charge in [-0.15, -0.1) is 0 Å². The fraction of sp³-hybridized carbons (Fsp3) is 1.00. The third-order valence-corrected chi connectivity index (χ3v) is 0.289. The summed E-state index contributed by atoms with van der Waals surface area (Å²) in [6.45, 7) is -14.2. The van der Waals surface area contributed by atoms with Crippen LogP contribution in [0, 0.1) is 0 Å². The molecule has 0 aliphatic rings. The maximum Gasteiger partial charge on any atom is 1.00 e. The van der Waals surface area contributed by atoms with E-state index in [-0.39, 0.29) is 19.2 Å². The lowest BCUT2D eigenvalue weighted by atomic mass is 10.3. The highest BCUT2D eigenvalue weighted by Crippen LogP contribution is 1.67. The molecule has 8 heavy (non-hydrogen) atoms. The minimum Gasteiger partial charge on any atom is -1.00 e. The van der Waals surface area contributed by atoms with Crippen LogP contribution < -0.4 is 17.7 Å². The first kappa shape index (κ1) is 1.06. The molecule has 0 radical (unpaired) electrons. The Bertz CT molecular complexity index is 309. The molecule has 2 heteroatoms. The number of hydrogen-bond donors (Lipinski definition) is 1. The van der Waals surface area contributed by atoms with E-state index in [9.17, 15) is 0 Å². The van der Waals surface area contributed by atoms with E-state index < -0.39 is 39.4 Å². The quantitative estimate of drug-likeness (QED) is 0.450. The molecule has 0 unspecified atom stereocenters. The lowest BCUT2D eigenvalue weighted by Crippen LogP contribution is -3.00. The van der Waals surface area contributed by atoms with E-state index in [4.69, 9.17) is 19.2 Å². The number of nitrogens with two attached hydrogens (primary N) is 1. The van der Waals surface area contributed by atoms with E-state index in [1.807, 2.05) is 0 Å². The average molecular weight is 153 g/mol. The molecule has 0 spiro atoms. The van der Waals surface area contributed by atoms with Gasteiger partial charge in [-0.1, -0.05) is 0 Å². The van der Waals surface area contributed by atoms with Crippen LogP contribution in [0.1, 0.15) is 48.0 Å². The second-order valence-corrected chi connectivity index (χ2v) is 0.972. The Morgan fingerprint density at radius 3 is 2.00 bits per heavy atom. The topological polar surface area (TPSA) is 16.6 Å². The van der Waals surface area contributed by atoms with Gasteiger partial charge in [-0.25, -0.2) is 0 Å². The molecule has 0 aromatic carbocycles. The van der Waals surface area contributed by atoms with Crippen molar-refractivity contribution in [3.8, 4) is 0 Å². The average Bonchev–Trinajstić information content (AvgIpc) is 2.09. The Kier molecular flexibility index (Phi) is 0.712. The molecule has 0 aliphatic carbocycles. The number of hydrogen-bond acceptors (Lipinski definition) is 0. The number of halogens is 1. The number of quaternary nitrogens is 1. The summed E-state index contributed by atoms with van der Waals surface area (Å²) in [4.78, 5) is 0. The van der Waals surface area contributed by atoms with Gasteiger partial charge < -0.3 is 17.7 Å². The Hall–Kier alpha value is 0.250. The zero-order chi connectivity index (χ0) is 17.7. The predicted molar refractivity (Wildman–Crippen MR) is 33.3 cm³/mol. The molecule has 0 fully saturated rings. The van der Waals surface area contributed by atoms with Crippen LogP contribution in [0.4, 0.5) is 0 Å². The highest BCUT2D eigenvalue weighted by molar-refractivity contribution is 4.31. The van der Waals surface area contributed by atoms with Crippen molar-refractivity contribution in [3.63, 3.8) is 0 Å². The predicted octanol–water partition coefficient (Wildman–Crippen LogP) is -2.52. The summed E-state index contributed by atoms with van der Waals surface area (Å²) < 4.78 is 101. The zero-order valence-electron chi connectivity index (χ0n) is 19.0. The summed E-state index contributed by atoms with van der Waals surface area (Å²) in [5.41, 5.74) is 0. The van der Waals surface area contributed by atoms with Crippen molar-refractivity contribution in [1.82, 2.24) is 0 Å². The van der Waals surface area contributed by atoms with Gasteiger partial charge in [-0.3, -0.25) is 0 Å². The molecule has 0 amide bonds. The Morgan fingerprint density at radius 1 is 1.38 bits per heavy atom. The highest BCUT2D eigenvalue weighted by Gasteiger charge is 1.96. The van der Waals surface area contributed by atoms with Crippen LogP contribution in [0.3, 0.4) is 0 Å². The molecule has 0 aromatic heterocycles. The summed E-state index contributed by atoms with van der Waals surface area (Å²) in [7, 11) is 0. The zero-order valence-corrected chi connectivity index (χ0v) is 4.71. The fourth-order valence-electron chi connectivity index (χ4n) is 0.144. The molecular weight excluding hydrogens is 122 g/mol. The van der Waals surface area contributed by atoms with Crippen molar-refractivity contribution in [3.05, 3.63) is 0 Å². The van der Waals surface area contributed by atoms with Gasteiger partial charge in [0, 0.05) is 16.4 Å². The SMILES string of the molecule is [2H]C([2H])([2H])C([2H])([NH2+]C([2H])(C([2H])([2H])[2H])C([2H])([2H])[2H])C([2H])([2H])[2H].[Cl-].[H+]. The van der Waals surface area contributed by atoms with Gasteiger partial charge in [-0.2, -0.15) is 0 Å². The van der Waals surface area contributed by atoms with Crippen molar-refractivity contribution in [1.29, 1.82) is 0 Å². The normalized spacial score (nSPS) is 44.5. The van der Waals surface area contributed by atoms with E-state index >= 15 is 0 Å². The molecule has 52 valence electrons. The molecule has 0 rings (SSSR count). The maximum absolute atomic E-state index is 7.64. The van der Waals surface area contributed by atoms with Gasteiger partial charge in [0.2, 0.25) is 0 Å². The molecule has 0 atom stereocenters. The Labute approximate surface area is 79.4 Å². The van der Waals surface area contributed by atoms with Gasteiger partial charge >= 0.3 is 1.43 Å². The second kappa shape index (κ2) is 5.39. The first-order valence-electron chi connectivity index (χ1n) is 8.58. The Morgan fingerprint density at radius 2 is 1.75 bits per heavy atom. The van der Waals surface area contributed by atoms with Gasteiger partial charge in [0.15, 0.2) is 0 Å². The van der Waals surface area contributed by atoms with Gasteiger partial charge in [0.1, 0.15) is 0 Å². The molecule has 0 heterocycles. The first-order valence-corrected chi connectivity index (χ1v) is 1.58. The molecule has 0 bridgehead atoms. The summed E-state index contributed by atoms with van der Waals surface area (Å²) in [5.74, 6) is 0. The van der Waals surface area contributed by atoms with Gasteiger partial charge in [0.05, 0.1) is 14.8 Å². The van der Waals surface area contributed by atoms with Crippen LogP contribution in [-0.2, 0) is 0 Å². The lowest BCUT2D eigenvalue weighted by molar-refractivity contribution is -0.709. The van der Waals surface area contributed by atoms with Crippen LogP contribution in [0.5, 0.6) is 0 Å². The van der Waals surface area contributed by atoms with Gasteiger partial charge in [-0.05, 0) is 27.4 Å². The minimum absolute atomic E-state index is 0. The van der Waals surface area contributed by atoms with Crippen LogP contribution in [-0.4, -0.2) is 12.0 Å². The minimum atomic E-state index is -3.54. The van der Waals surface area contributed by atoms with E-state index in [1.165, 1.54) is 0 Å². The summed E-state index contributed by atoms with van der Waals surface area (Å²) in [6.07, 6.45) is 0. The molecule has 0 aliphatic heterocycles. The molecule has 2 N–H and O–H groups in total. The second-order valence-electron chi connectivity index (χ2n) is 0.972. The fourth-order valence-corrected chi connectivity index (χ4v) is 0.144. The van der Waals surface area contributed by atoms with Crippen molar-refractivity contribution in [2.24, 2.45) is 0 Å². The van der Waals surface area contributed by atoms with Crippen molar-refractivity contribution >= 4 is 0 Å². The number of rotatable bonds is 2. The highest BCUT2D eigenvalue weighted by atomic mass is 35.5. The largest absolute Gasteiger partial charge is 1.00 e. The summed E-state index contributed by atoms with van der Waals surface area (Å²) in [6, 6.07) is -7.02. The van der Waals surface area contributed by atoms with E-state index in [0.717, 1.165) is 0 Å². The standard InChI is InChI=1S/C6H15N.ClH/c1-5(2)7-6(3)4;/h5-7H,1-4H3;1H/p+1/i1D3,2D3,3D3,4D3,5D,6D;. The summed E-state index contributed by atoms with van der Waals surface area (Å²) >= 11 is 0. The van der Waals surface area contributed by atoms with E-state index in [1.54, 1.807) is 0 Å². The van der Waals surface area contributed by atoms with Crippen molar-refractivity contribution < 1.29 is 38.3 Å². The third kappa shape index (κ3) is 9.54.